The van der Waals surface area contributed by atoms with Gasteiger partial charge in [-0.15, -0.1) is 0 Å². The molecule has 2 aliphatic rings. The van der Waals surface area contributed by atoms with Gasteiger partial charge in [0.25, 0.3) is 0 Å². The fourth-order valence-electron chi connectivity index (χ4n) is 4.81. The molecule has 0 aromatic heterocycles. The number of hydrogen-bond donors (Lipinski definition) is 0. The summed E-state index contributed by atoms with van der Waals surface area (Å²) in [7, 11) is 0. The van der Waals surface area contributed by atoms with Crippen LogP contribution in [0.3, 0.4) is 0 Å². The summed E-state index contributed by atoms with van der Waals surface area (Å²) in [6.07, 6.45) is -16.9. The largest absolute Gasteiger partial charge is 0.456 e. The Hall–Kier alpha value is -3.77. The number of hydrogen-bond acceptors (Lipinski definition) is 4. The zero-order valence-corrected chi connectivity index (χ0v) is 20.2. The SMILES string of the molecule is CC1=Nc2c(ccc3c4c(ccc23)C(C)(C(F)(F)F)OC(c2cccc(C)c2)=N4)C(C(F)(F)F)(C(F)(F)F)O1. The topological polar surface area (TPSA) is 43.2 Å². The molecule has 0 amide bonds. The van der Waals surface area contributed by atoms with Crippen LogP contribution in [0.2, 0.25) is 0 Å². The number of benzene rings is 3. The first kappa shape index (κ1) is 26.8. The predicted molar refractivity (Wildman–Crippen MR) is 123 cm³/mol. The Balaban J connectivity index is 1.87. The van der Waals surface area contributed by atoms with Gasteiger partial charge < -0.3 is 9.47 Å². The molecule has 0 radical (unpaired) electrons. The van der Waals surface area contributed by atoms with E-state index in [0.29, 0.717) is 11.6 Å². The van der Waals surface area contributed by atoms with Crippen molar-refractivity contribution in [2.75, 3.05) is 0 Å². The molecule has 0 bridgehead atoms. The van der Waals surface area contributed by atoms with Crippen molar-refractivity contribution < 1.29 is 49.0 Å². The minimum atomic E-state index is -5.95. The summed E-state index contributed by atoms with van der Waals surface area (Å²) in [6, 6.07) is 9.53. The predicted octanol–water partition coefficient (Wildman–Crippen LogP) is 8.43. The number of rotatable bonds is 1. The van der Waals surface area contributed by atoms with Gasteiger partial charge in [-0.1, -0.05) is 42.0 Å². The smallest absolute Gasteiger partial charge is 0.442 e. The lowest BCUT2D eigenvalue weighted by Crippen LogP contribution is -2.57. The van der Waals surface area contributed by atoms with Gasteiger partial charge in [-0.2, -0.15) is 39.5 Å². The van der Waals surface area contributed by atoms with Gasteiger partial charge in [0.05, 0.1) is 11.4 Å². The van der Waals surface area contributed by atoms with E-state index in [9.17, 15) is 39.5 Å². The molecule has 5 rings (SSSR count). The highest BCUT2D eigenvalue weighted by Crippen LogP contribution is 2.59. The van der Waals surface area contributed by atoms with E-state index in [0.717, 1.165) is 32.0 Å². The molecule has 0 spiro atoms. The number of ether oxygens (including phenoxy) is 2. The van der Waals surface area contributed by atoms with Crippen LogP contribution in [-0.2, 0) is 20.7 Å². The van der Waals surface area contributed by atoms with Crippen molar-refractivity contribution >= 4 is 33.9 Å². The third-order valence-corrected chi connectivity index (χ3v) is 6.73. The molecule has 2 aliphatic heterocycles. The van der Waals surface area contributed by atoms with Crippen molar-refractivity contribution in [2.45, 2.75) is 50.5 Å². The highest BCUT2D eigenvalue weighted by atomic mass is 19.4. The van der Waals surface area contributed by atoms with Crippen LogP contribution in [0.15, 0.2) is 58.5 Å². The quantitative estimate of drug-likeness (QED) is 0.281. The minimum Gasteiger partial charge on any atom is -0.456 e. The van der Waals surface area contributed by atoms with E-state index < -0.39 is 58.3 Å². The van der Waals surface area contributed by atoms with Gasteiger partial charge in [-0.25, -0.2) is 9.98 Å². The van der Waals surface area contributed by atoms with Crippen molar-refractivity contribution in [1.29, 1.82) is 0 Å². The second-order valence-corrected chi connectivity index (χ2v) is 9.35. The first-order valence-electron chi connectivity index (χ1n) is 11.3. The number of halogens is 9. The monoisotopic (exact) mass is 560 g/mol. The molecule has 0 fully saturated rings. The van der Waals surface area contributed by atoms with Gasteiger partial charge in [0.2, 0.25) is 11.5 Å². The molecule has 0 saturated heterocycles. The lowest BCUT2D eigenvalue weighted by molar-refractivity contribution is -0.370. The average Bonchev–Trinajstić information content (AvgIpc) is 2.80. The Morgan fingerprint density at radius 3 is 1.77 bits per heavy atom. The van der Waals surface area contributed by atoms with Crippen molar-refractivity contribution in [3.63, 3.8) is 0 Å². The van der Waals surface area contributed by atoms with E-state index in [-0.39, 0.29) is 22.0 Å². The number of aryl methyl sites for hydroxylation is 1. The maximum atomic E-state index is 14.4. The van der Waals surface area contributed by atoms with Crippen molar-refractivity contribution in [3.8, 4) is 0 Å². The van der Waals surface area contributed by atoms with E-state index in [4.69, 9.17) is 4.74 Å². The molecule has 0 saturated carbocycles. The molecule has 1 unspecified atom stereocenters. The lowest BCUT2D eigenvalue weighted by Gasteiger charge is -2.40. The average molecular weight is 560 g/mol. The summed E-state index contributed by atoms with van der Waals surface area (Å²) in [4.78, 5) is 8.08. The summed E-state index contributed by atoms with van der Waals surface area (Å²) in [5.74, 6) is -1.34. The normalized spacial score (nSPS) is 20.8. The van der Waals surface area contributed by atoms with Gasteiger partial charge >= 0.3 is 24.1 Å². The molecule has 3 aromatic rings. The maximum absolute atomic E-state index is 14.4. The van der Waals surface area contributed by atoms with Crippen LogP contribution < -0.4 is 0 Å². The molecular weight excluding hydrogens is 543 g/mol. The van der Waals surface area contributed by atoms with Gasteiger partial charge in [-0.3, -0.25) is 0 Å². The zero-order valence-electron chi connectivity index (χ0n) is 20.2. The van der Waals surface area contributed by atoms with Crippen LogP contribution in [0.25, 0.3) is 10.8 Å². The molecule has 0 aliphatic carbocycles. The fraction of sp³-hybridized carbons (Fsp3) is 0.308. The molecule has 4 nitrogen and oxygen atoms in total. The number of fused-ring (bicyclic) bond motifs is 5. The van der Waals surface area contributed by atoms with Crippen LogP contribution in [0.1, 0.15) is 36.1 Å². The second-order valence-electron chi connectivity index (χ2n) is 9.35. The Kier molecular flexibility index (Phi) is 5.58. The molecular formula is C26H17F9N2O2. The molecule has 206 valence electrons. The third-order valence-electron chi connectivity index (χ3n) is 6.73. The Bertz CT molecular complexity index is 1550. The maximum Gasteiger partial charge on any atom is 0.442 e. The van der Waals surface area contributed by atoms with E-state index >= 15 is 0 Å². The van der Waals surface area contributed by atoms with Crippen LogP contribution in [-0.4, -0.2) is 30.3 Å². The molecule has 3 aromatic carbocycles. The van der Waals surface area contributed by atoms with Gasteiger partial charge in [0, 0.05) is 34.4 Å². The van der Waals surface area contributed by atoms with Crippen molar-refractivity contribution in [2.24, 2.45) is 9.98 Å². The Morgan fingerprint density at radius 2 is 1.23 bits per heavy atom. The zero-order chi connectivity index (χ0) is 28.8. The van der Waals surface area contributed by atoms with Crippen molar-refractivity contribution in [1.82, 2.24) is 0 Å². The standard InChI is InChI=1S/C26H17F9N2O2/c1-12-5-4-6-14(11-12)21-37-19-15-8-10-18-20(16(15)7-9-17(19)22(3,39-21)24(27,28)29)36-13(2)38-23(18,25(30,31)32)26(33,34)35/h4-11H,1-3H3. The number of aliphatic imine (C=N–C) groups is 2. The van der Waals surface area contributed by atoms with E-state index in [2.05, 4.69) is 14.7 Å². The Labute approximate surface area is 214 Å². The van der Waals surface area contributed by atoms with Gasteiger partial charge in [0.1, 0.15) is 0 Å². The van der Waals surface area contributed by atoms with Crippen LogP contribution in [0.4, 0.5) is 50.9 Å². The third kappa shape index (κ3) is 3.76. The molecule has 2 heterocycles. The molecule has 0 N–H and O–H groups in total. The van der Waals surface area contributed by atoms with E-state index in [1.54, 1.807) is 19.1 Å². The second kappa shape index (κ2) is 8.12. The van der Waals surface area contributed by atoms with Crippen LogP contribution in [0, 0.1) is 6.92 Å². The van der Waals surface area contributed by atoms with Gasteiger partial charge in [-0.05, 0) is 26.0 Å². The summed E-state index contributed by atoms with van der Waals surface area (Å²) >= 11 is 0. The van der Waals surface area contributed by atoms with Crippen LogP contribution in [0.5, 0.6) is 0 Å². The fourth-order valence-corrected chi connectivity index (χ4v) is 4.81. The number of nitrogens with zero attached hydrogens (tertiary/aromatic N) is 2. The summed E-state index contributed by atoms with van der Waals surface area (Å²) in [6.45, 7) is 3.30. The summed E-state index contributed by atoms with van der Waals surface area (Å²) < 4.78 is 137. The lowest BCUT2D eigenvalue weighted by atomic mass is 9.84. The molecule has 39 heavy (non-hydrogen) atoms. The number of alkyl halides is 9. The molecule has 13 heteroatoms. The highest BCUT2D eigenvalue weighted by Gasteiger charge is 2.76. The summed E-state index contributed by atoms with van der Waals surface area (Å²) in [5.41, 5.74) is -9.64. The van der Waals surface area contributed by atoms with E-state index in [1.165, 1.54) is 12.1 Å². The van der Waals surface area contributed by atoms with Crippen molar-refractivity contribution in [3.05, 3.63) is 70.8 Å². The highest BCUT2D eigenvalue weighted by molar-refractivity contribution is 6.08. The van der Waals surface area contributed by atoms with Gasteiger partial charge in [0.15, 0.2) is 5.90 Å². The minimum absolute atomic E-state index is 0.146. The first-order valence-corrected chi connectivity index (χ1v) is 11.3. The Morgan fingerprint density at radius 1 is 0.667 bits per heavy atom. The first-order chi connectivity index (χ1) is 17.9. The molecule has 1 atom stereocenters. The van der Waals surface area contributed by atoms with E-state index in [1.807, 2.05) is 0 Å². The van der Waals surface area contributed by atoms with Crippen LogP contribution >= 0.6 is 0 Å². The summed E-state index contributed by atoms with van der Waals surface area (Å²) in [5, 5.41) is -0.419.